The number of fused-ring (bicyclic) bond motifs is 1. The van der Waals surface area contributed by atoms with Gasteiger partial charge in [0.05, 0.1) is 6.54 Å². The number of aliphatic hydroxyl groups excluding tert-OH is 1. The molecule has 0 aliphatic rings. The van der Waals surface area contributed by atoms with E-state index in [1.807, 2.05) is 24.3 Å². The fourth-order valence-electron chi connectivity index (χ4n) is 1.82. The Hall–Kier alpha value is -1.39. The van der Waals surface area contributed by atoms with E-state index in [9.17, 15) is 0 Å². The van der Waals surface area contributed by atoms with Crippen LogP contribution in [-0.4, -0.2) is 34.7 Å². The number of oxazole rings is 1. The van der Waals surface area contributed by atoms with Gasteiger partial charge in [-0.2, -0.15) is 0 Å². The summed E-state index contributed by atoms with van der Waals surface area (Å²) in [5.41, 5.74) is 1.74. The number of hydrogen-bond donors (Lipinski definition) is 1. The average Bonchev–Trinajstić information content (AvgIpc) is 2.76. The fraction of sp³-hybridized carbons (Fsp3) is 0.462. The van der Waals surface area contributed by atoms with Gasteiger partial charge in [0.2, 0.25) is 5.89 Å². The Kier molecular flexibility index (Phi) is 4.12. The highest BCUT2D eigenvalue weighted by molar-refractivity contribution is 5.72. The molecule has 2 aromatic rings. The smallest absolute Gasteiger partial charge is 0.209 e. The second kappa shape index (κ2) is 5.80. The topological polar surface area (TPSA) is 49.5 Å². The predicted octanol–water partition coefficient (Wildman–Crippen LogP) is 2.03. The van der Waals surface area contributed by atoms with Gasteiger partial charge in [0, 0.05) is 13.2 Å². The van der Waals surface area contributed by atoms with Crippen LogP contribution in [0.1, 0.15) is 19.2 Å². The Morgan fingerprint density at radius 2 is 2.18 bits per heavy atom. The molecule has 0 spiro atoms. The van der Waals surface area contributed by atoms with E-state index in [1.165, 1.54) is 0 Å². The third-order valence-electron chi connectivity index (χ3n) is 2.78. The molecule has 0 amide bonds. The lowest BCUT2D eigenvalue weighted by molar-refractivity contribution is 0.213. The second-order valence-corrected chi connectivity index (χ2v) is 4.02. The van der Waals surface area contributed by atoms with Crippen LogP contribution < -0.4 is 0 Å². The summed E-state index contributed by atoms with van der Waals surface area (Å²) in [6.45, 7) is 4.82. The van der Waals surface area contributed by atoms with Crippen molar-refractivity contribution in [2.75, 3.05) is 19.7 Å². The number of aliphatic hydroxyl groups is 1. The summed E-state index contributed by atoms with van der Waals surface area (Å²) >= 11 is 0. The Morgan fingerprint density at radius 1 is 1.35 bits per heavy atom. The zero-order valence-corrected chi connectivity index (χ0v) is 10.1. The van der Waals surface area contributed by atoms with Crippen LogP contribution in [0.25, 0.3) is 11.1 Å². The van der Waals surface area contributed by atoms with Crippen LogP contribution >= 0.6 is 0 Å². The molecule has 4 nitrogen and oxygen atoms in total. The van der Waals surface area contributed by atoms with E-state index in [-0.39, 0.29) is 6.61 Å². The molecule has 0 radical (unpaired) electrons. The van der Waals surface area contributed by atoms with E-state index in [0.717, 1.165) is 36.5 Å². The summed E-state index contributed by atoms with van der Waals surface area (Å²) in [7, 11) is 0. The average molecular weight is 234 g/mol. The molecule has 1 N–H and O–H groups in total. The van der Waals surface area contributed by atoms with Gasteiger partial charge in [-0.3, -0.25) is 4.90 Å². The first-order valence-corrected chi connectivity index (χ1v) is 6.01. The molecule has 0 saturated heterocycles. The van der Waals surface area contributed by atoms with Crippen LogP contribution in [0.15, 0.2) is 28.7 Å². The second-order valence-electron chi connectivity index (χ2n) is 4.02. The van der Waals surface area contributed by atoms with E-state index in [0.29, 0.717) is 6.54 Å². The summed E-state index contributed by atoms with van der Waals surface area (Å²) in [5.74, 6) is 0.742. The van der Waals surface area contributed by atoms with Crippen LogP contribution in [-0.2, 0) is 6.54 Å². The third-order valence-corrected chi connectivity index (χ3v) is 2.78. The van der Waals surface area contributed by atoms with Crippen molar-refractivity contribution in [3.63, 3.8) is 0 Å². The first-order chi connectivity index (χ1) is 8.33. The highest BCUT2D eigenvalue weighted by Gasteiger charge is 2.09. The maximum Gasteiger partial charge on any atom is 0.209 e. The van der Waals surface area contributed by atoms with Crippen molar-refractivity contribution in [2.24, 2.45) is 0 Å². The number of hydrogen-bond acceptors (Lipinski definition) is 4. The molecule has 92 valence electrons. The summed E-state index contributed by atoms with van der Waals surface area (Å²) in [5, 5.41) is 8.83. The van der Waals surface area contributed by atoms with Crippen LogP contribution in [0.5, 0.6) is 0 Å². The first-order valence-electron chi connectivity index (χ1n) is 6.01. The van der Waals surface area contributed by atoms with Crippen molar-refractivity contribution in [3.05, 3.63) is 30.2 Å². The SMILES string of the molecule is CCN(CCCO)Cc1nc2ccccc2o1. The molecule has 1 heterocycles. The number of benzene rings is 1. The summed E-state index contributed by atoms with van der Waals surface area (Å²) < 4.78 is 5.67. The van der Waals surface area contributed by atoms with Crippen molar-refractivity contribution >= 4 is 11.1 Å². The van der Waals surface area contributed by atoms with Gasteiger partial charge in [0.25, 0.3) is 0 Å². The van der Waals surface area contributed by atoms with Gasteiger partial charge >= 0.3 is 0 Å². The number of para-hydroxylation sites is 2. The van der Waals surface area contributed by atoms with Crippen LogP contribution in [0.3, 0.4) is 0 Å². The molecule has 0 fully saturated rings. The van der Waals surface area contributed by atoms with Crippen molar-refractivity contribution in [3.8, 4) is 0 Å². The Morgan fingerprint density at radius 3 is 2.88 bits per heavy atom. The normalized spacial score (nSPS) is 11.5. The molecule has 0 saturated carbocycles. The van der Waals surface area contributed by atoms with E-state index < -0.39 is 0 Å². The largest absolute Gasteiger partial charge is 0.439 e. The number of nitrogens with zero attached hydrogens (tertiary/aromatic N) is 2. The maximum absolute atomic E-state index is 8.83. The Labute approximate surface area is 101 Å². The van der Waals surface area contributed by atoms with Gasteiger partial charge in [-0.15, -0.1) is 0 Å². The number of rotatable bonds is 6. The zero-order valence-electron chi connectivity index (χ0n) is 10.1. The lowest BCUT2D eigenvalue weighted by atomic mass is 10.3. The molecular weight excluding hydrogens is 216 g/mol. The molecule has 2 rings (SSSR count). The van der Waals surface area contributed by atoms with Crippen LogP contribution in [0, 0.1) is 0 Å². The lowest BCUT2D eigenvalue weighted by Crippen LogP contribution is -2.24. The molecule has 4 heteroatoms. The van der Waals surface area contributed by atoms with Gasteiger partial charge in [0.1, 0.15) is 5.52 Å². The predicted molar refractivity (Wildman–Crippen MR) is 66.7 cm³/mol. The van der Waals surface area contributed by atoms with Crippen molar-refractivity contribution in [2.45, 2.75) is 19.9 Å². The lowest BCUT2D eigenvalue weighted by Gasteiger charge is -2.17. The van der Waals surface area contributed by atoms with Crippen molar-refractivity contribution in [1.82, 2.24) is 9.88 Å². The minimum absolute atomic E-state index is 0.226. The maximum atomic E-state index is 8.83. The first kappa shape index (κ1) is 12.1. The molecule has 0 unspecified atom stereocenters. The molecular formula is C13H18N2O2. The van der Waals surface area contributed by atoms with Crippen LogP contribution in [0.4, 0.5) is 0 Å². The van der Waals surface area contributed by atoms with E-state index in [4.69, 9.17) is 9.52 Å². The minimum atomic E-state index is 0.226. The standard InChI is InChI=1S/C13H18N2O2/c1-2-15(8-5-9-16)10-13-14-11-6-3-4-7-12(11)17-13/h3-4,6-7,16H,2,5,8-10H2,1H3. The van der Waals surface area contributed by atoms with Crippen molar-refractivity contribution < 1.29 is 9.52 Å². The quantitative estimate of drug-likeness (QED) is 0.831. The third kappa shape index (κ3) is 3.05. The van der Waals surface area contributed by atoms with Crippen LogP contribution in [0.2, 0.25) is 0 Å². The van der Waals surface area contributed by atoms with E-state index in [2.05, 4.69) is 16.8 Å². The summed E-state index contributed by atoms with van der Waals surface area (Å²) in [6.07, 6.45) is 0.786. The molecule has 0 atom stereocenters. The Bertz CT molecular complexity index is 434. The molecule has 1 aromatic heterocycles. The highest BCUT2D eigenvalue weighted by atomic mass is 16.3. The highest BCUT2D eigenvalue weighted by Crippen LogP contribution is 2.15. The zero-order chi connectivity index (χ0) is 12.1. The van der Waals surface area contributed by atoms with E-state index >= 15 is 0 Å². The molecule has 0 aliphatic carbocycles. The number of aromatic nitrogens is 1. The van der Waals surface area contributed by atoms with Gasteiger partial charge in [-0.25, -0.2) is 4.98 Å². The van der Waals surface area contributed by atoms with Gasteiger partial charge < -0.3 is 9.52 Å². The van der Waals surface area contributed by atoms with Gasteiger partial charge in [-0.05, 0) is 25.1 Å². The molecule has 0 bridgehead atoms. The van der Waals surface area contributed by atoms with E-state index in [1.54, 1.807) is 0 Å². The fourth-order valence-corrected chi connectivity index (χ4v) is 1.82. The summed E-state index contributed by atoms with van der Waals surface area (Å²) in [4.78, 5) is 6.65. The minimum Gasteiger partial charge on any atom is -0.439 e. The summed E-state index contributed by atoms with van der Waals surface area (Å²) in [6, 6.07) is 7.78. The van der Waals surface area contributed by atoms with Crippen molar-refractivity contribution in [1.29, 1.82) is 0 Å². The molecule has 1 aromatic carbocycles. The van der Waals surface area contributed by atoms with Gasteiger partial charge in [0.15, 0.2) is 5.58 Å². The Balaban J connectivity index is 2.06. The van der Waals surface area contributed by atoms with Gasteiger partial charge in [-0.1, -0.05) is 19.1 Å². The molecule has 0 aliphatic heterocycles. The monoisotopic (exact) mass is 234 g/mol. The molecule has 17 heavy (non-hydrogen) atoms.